The minimum Gasteiger partial charge on any atom is -0.325 e. The van der Waals surface area contributed by atoms with Crippen LogP contribution in [0.5, 0.6) is 0 Å². The van der Waals surface area contributed by atoms with Crippen molar-refractivity contribution in [1.29, 1.82) is 0 Å². The Bertz CT molecular complexity index is 796. The van der Waals surface area contributed by atoms with Crippen LogP contribution < -0.4 is 5.32 Å². The number of halogens is 1. The van der Waals surface area contributed by atoms with Crippen molar-refractivity contribution in [3.63, 3.8) is 0 Å². The van der Waals surface area contributed by atoms with Crippen LogP contribution in [-0.4, -0.2) is 10.9 Å². The highest BCUT2D eigenvalue weighted by molar-refractivity contribution is 7.14. The summed E-state index contributed by atoms with van der Waals surface area (Å²) < 4.78 is 0. The molecule has 1 N–H and O–H groups in total. The zero-order chi connectivity index (χ0) is 15.5. The summed E-state index contributed by atoms with van der Waals surface area (Å²) in [5.41, 5.74) is 3.61. The molecule has 2 heterocycles. The molecule has 3 aromatic rings. The maximum Gasteiger partial charge on any atom is 0.230 e. The number of hydrogen-bond donors (Lipinski definition) is 1. The van der Waals surface area contributed by atoms with Crippen molar-refractivity contribution in [2.75, 3.05) is 5.32 Å². The quantitative estimate of drug-likeness (QED) is 0.719. The first kappa shape index (κ1) is 15.2. The van der Waals surface area contributed by atoms with Crippen LogP contribution in [0.25, 0.3) is 10.6 Å². The molecule has 0 saturated heterocycles. The second kappa shape index (κ2) is 6.60. The molecule has 0 aliphatic heterocycles. The van der Waals surface area contributed by atoms with Crippen LogP contribution >= 0.6 is 34.3 Å². The number of aromatic nitrogens is 1. The lowest BCUT2D eigenvalue weighted by molar-refractivity contribution is -0.115. The van der Waals surface area contributed by atoms with Crippen LogP contribution in [0.3, 0.4) is 0 Å². The maximum absolute atomic E-state index is 12.2. The van der Waals surface area contributed by atoms with Crippen LogP contribution in [0.1, 0.15) is 11.3 Å². The van der Waals surface area contributed by atoms with Gasteiger partial charge in [0.2, 0.25) is 5.91 Å². The van der Waals surface area contributed by atoms with Crippen molar-refractivity contribution in [2.45, 2.75) is 13.3 Å². The van der Waals surface area contributed by atoms with Crippen LogP contribution in [-0.2, 0) is 11.2 Å². The van der Waals surface area contributed by atoms with Gasteiger partial charge in [-0.3, -0.25) is 4.79 Å². The molecule has 3 nitrogen and oxygen atoms in total. The number of hydrogen-bond acceptors (Lipinski definition) is 4. The Morgan fingerprint density at radius 1 is 1.32 bits per heavy atom. The van der Waals surface area contributed by atoms with Gasteiger partial charge in [0.15, 0.2) is 0 Å². The van der Waals surface area contributed by atoms with Gasteiger partial charge in [-0.15, -0.1) is 11.3 Å². The fourth-order valence-corrected chi connectivity index (χ4v) is 3.70. The molecule has 1 amide bonds. The topological polar surface area (TPSA) is 42.0 Å². The lowest BCUT2D eigenvalue weighted by Gasteiger charge is -2.08. The third-order valence-electron chi connectivity index (χ3n) is 3.14. The van der Waals surface area contributed by atoms with E-state index in [1.807, 2.05) is 29.8 Å². The highest BCUT2D eigenvalue weighted by Crippen LogP contribution is 2.26. The van der Waals surface area contributed by atoms with E-state index < -0.39 is 0 Å². The second-order valence-electron chi connectivity index (χ2n) is 4.84. The van der Waals surface area contributed by atoms with Gasteiger partial charge in [0.25, 0.3) is 0 Å². The first-order valence-electron chi connectivity index (χ1n) is 6.65. The van der Waals surface area contributed by atoms with Gasteiger partial charge in [0.05, 0.1) is 12.1 Å². The van der Waals surface area contributed by atoms with Crippen LogP contribution in [0, 0.1) is 6.92 Å². The van der Waals surface area contributed by atoms with Crippen molar-refractivity contribution >= 4 is 45.9 Å². The highest BCUT2D eigenvalue weighted by Gasteiger charge is 2.10. The van der Waals surface area contributed by atoms with E-state index in [0.717, 1.165) is 27.5 Å². The molecule has 0 unspecified atom stereocenters. The zero-order valence-corrected chi connectivity index (χ0v) is 14.2. The zero-order valence-electron chi connectivity index (χ0n) is 11.8. The molecule has 112 valence electrons. The summed E-state index contributed by atoms with van der Waals surface area (Å²) in [6.07, 6.45) is 0.257. The lowest BCUT2D eigenvalue weighted by Crippen LogP contribution is -2.15. The third kappa shape index (κ3) is 3.55. The van der Waals surface area contributed by atoms with E-state index in [1.165, 1.54) is 0 Å². The monoisotopic (exact) mass is 348 g/mol. The van der Waals surface area contributed by atoms with E-state index in [4.69, 9.17) is 11.6 Å². The molecule has 1 aromatic carbocycles. The lowest BCUT2D eigenvalue weighted by atomic mass is 10.2. The number of nitrogens with one attached hydrogen (secondary N) is 1. The fraction of sp³-hybridized carbons (Fsp3) is 0.125. The number of thiazole rings is 1. The number of benzene rings is 1. The van der Waals surface area contributed by atoms with Crippen molar-refractivity contribution in [3.05, 3.63) is 56.7 Å². The summed E-state index contributed by atoms with van der Waals surface area (Å²) >= 11 is 9.15. The van der Waals surface area contributed by atoms with Crippen molar-refractivity contribution in [1.82, 2.24) is 4.98 Å². The Kier molecular flexibility index (Phi) is 4.57. The summed E-state index contributed by atoms with van der Waals surface area (Å²) in [7, 11) is 0. The predicted octanol–water partition coefficient (Wildman–Crippen LogP) is 5.01. The molecular formula is C16H13ClN2OS2. The number of anilines is 1. The molecule has 3 rings (SSSR count). The SMILES string of the molecule is Cc1ccc(Cl)cc1NC(=O)Cc1csc(-c2ccsc2)n1. The van der Waals surface area contributed by atoms with Gasteiger partial charge < -0.3 is 5.32 Å². The molecule has 6 heteroatoms. The van der Waals surface area contributed by atoms with Crippen LogP contribution in [0.2, 0.25) is 5.02 Å². The van der Waals surface area contributed by atoms with Crippen molar-refractivity contribution < 1.29 is 4.79 Å². The minimum atomic E-state index is -0.0902. The molecule has 0 saturated carbocycles. The van der Waals surface area contributed by atoms with Gasteiger partial charge in [-0.05, 0) is 36.1 Å². The number of carbonyl (C=O) groups excluding carboxylic acids is 1. The van der Waals surface area contributed by atoms with Gasteiger partial charge in [0, 0.05) is 27.0 Å². The predicted molar refractivity (Wildman–Crippen MR) is 93.9 cm³/mol. The number of carbonyl (C=O) groups is 1. The number of aryl methyl sites for hydroxylation is 1. The summed E-state index contributed by atoms with van der Waals surface area (Å²) in [4.78, 5) is 16.7. The molecule has 0 fully saturated rings. The largest absolute Gasteiger partial charge is 0.325 e. The molecule has 0 atom stereocenters. The number of rotatable bonds is 4. The van der Waals surface area contributed by atoms with Crippen molar-refractivity contribution in [3.8, 4) is 10.6 Å². The van der Waals surface area contributed by atoms with E-state index in [1.54, 1.807) is 34.8 Å². The summed E-state index contributed by atoms with van der Waals surface area (Å²) in [6.45, 7) is 1.93. The van der Waals surface area contributed by atoms with Gasteiger partial charge >= 0.3 is 0 Å². The second-order valence-corrected chi connectivity index (χ2v) is 6.91. The summed E-state index contributed by atoms with van der Waals surface area (Å²) in [5, 5.41) is 10.4. The Morgan fingerprint density at radius 3 is 2.95 bits per heavy atom. The van der Waals surface area contributed by atoms with Gasteiger partial charge in [-0.25, -0.2) is 4.98 Å². The number of thiophene rings is 1. The van der Waals surface area contributed by atoms with E-state index in [0.29, 0.717) is 5.02 Å². The summed E-state index contributed by atoms with van der Waals surface area (Å²) in [6, 6.07) is 7.48. The highest BCUT2D eigenvalue weighted by atomic mass is 35.5. The Labute approximate surface area is 141 Å². The first-order valence-corrected chi connectivity index (χ1v) is 8.85. The molecular weight excluding hydrogens is 336 g/mol. The van der Waals surface area contributed by atoms with Crippen LogP contribution in [0.15, 0.2) is 40.4 Å². The Balaban J connectivity index is 1.68. The smallest absolute Gasteiger partial charge is 0.230 e. The third-order valence-corrected chi connectivity index (χ3v) is 4.99. The van der Waals surface area contributed by atoms with Crippen LogP contribution in [0.4, 0.5) is 5.69 Å². The molecule has 2 aromatic heterocycles. The number of nitrogens with zero attached hydrogens (tertiary/aromatic N) is 1. The molecule has 0 radical (unpaired) electrons. The Morgan fingerprint density at radius 2 is 2.18 bits per heavy atom. The number of amides is 1. The molecule has 0 aliphatic carbocycles. The van der Waals surface area contributed by atoms with E-state index >= 15 is 0 Å². The average molecular weight is 349 g/mol. The molecule has 0 bridgehead atoms. The fourth-order valence-electron chi connectivity index (χ4n) is 1.99. The van der Waals surface area contributed by atoms with Crippen molar-refractivity contribution in [2.24, 2.45) is 0 Å². The minimum absolute atomic E-state index is 0.0902. The van der Waals surface area contributed by atoms with Gasteiger partial charge in [-0.1, -0.05) is 17.7 Å². The van der Waals surface area contributed by atoms with E-state index in [9.17, 15) is 4.79 Å². The molecule has 0 aliphatic rings. The average Bonchev–Trinajstić information content (AvgIpc) is 3.13. The normalized spacial score (nSPS) is 10.6. The molecule has 0 spiro atoms. The van der Waals surface area contributed by atoms with E-state index in [-0.39, 0.29) is 12.3 Å². The van der Waals surface area contributed by atoms with E-state index in [2.05, 4.69) is 15.7 Å². The Hall–Kier alpha value is -1.69. The summed E-state index contributed by atoms with van der Waals surface area (Å²) in [5.74, 6) is -0.0902. The maximum atomic E-state index is 12.2. The van der Waals surface area contributed by atoms with Gasteiger partial charge in [-0.2, -0.15) is 11.3 Å². The standard InChI is InChI=1S/C16H13ClN2OS2/c1-10-2-3-12(17)6-14(10)19-15(20)7-13-9-22-16(18-13)11-4-5-21-8-11/h2-6,8-9H,7H2,1H3,(H,19,20). The first-order chi connectivity index (χ1) is 10.6. The molecule has 22 heavy (non-hydrogen) atoms. The van der Waals surface area contributed by atoms with Gasteiger partial charge in [0.1, 0.15) is 5.01 Å².